The maximum absolute atomic E-state index is 10.8. The molecule has 3 heteroatoms. The normalized spacial score (nSPS) is 18.2. The van der Waals surface area contributed by atoms with Crippen LogP contribution in [0.15, 0.2) is 24.3 Å². The van der Waals surface area contributed by atoms with Crippen LogP contribution >= 0.6 is 0 Å². The Morgan fingerprint density at radius 1 is 1.26 bits per heavy atom. The molecule has 1 aromatic rings. The maximum atomic E-state index is 10.8. The third-order valence-electron chi connectivity index (χ3n) is 4.19. The van der Waals surface area contributed by atoms with Crippen molar-refractivity contribution >= 4 is 5.97 Å². The summed E-state index contributed by atoms with van der Waals surface area (Å²) in [5.41, 5.74) is 1.50. The monoisotopic (exact) mass is 261 g/mol. The van der Waals surface area contributed by atoms with E-state index in [0.29, 0.717) is 11.6 Å². The highest BCUT2D eigenvalue weighted by atomic mass is 16.4. The van der Waals surface area contributed by atoms with Gasteiger partial charge in [0.05, 0.1) is 5.56 Å². The van der Waals surface area contributed by atoms with E-state index >= 15 is 0 Å². The molecule has 1 atom stereocenters. The summed E-state index contributed by atoms with van der Waals surface area (Å²) in [7, 11) is 0. The maximum Gasteiger partial charge on any atom is 0.335 e. The van der Waals surface area contributed by atoms with Gasteiger partial charge in [-0.2, -0.15) is 0 Å². The summed E-state index contributed by atoms with van der Waals surface area (Å²) in [4.78, 5) is 10.8. The number of carbonyl (C=O) groups is 1. The molecule has 104 valence electrons. The fourth-order valence-electron chi connectivity index (χ4n) is 2.84. The molecule has 2 rings (SSSR count). The van der Waals surface area contributed by atoms with E-state index < -0.39 is 5.97 Å². The van der Waals surface area contributed by atoms with Gasteiger partial charge in [0.1, 0.15) is 0 Å². The van der Waals surface area contributed by atoms with E-state index in [2.05, 4.69) is 12.2 Å². The van der Waals surface area contributed by atoms with E-state index in [1.165, 1.54) is 32.1 Å². The van der Waals surface area contributed by atoms with Gasteiger partial charge in [-0.15, -0.1) is 0 Å². The van der Waals surface area contributed by atoms with Gasteiger partial charge in [0, 0.05) is 12.6 Å². The second-order valence-corrected chi connectivity index (χ2v) is 5.57. The Morgan fingerprint density at radius 2 is 1.89 bits per heavy atom. The van der Waals surface area contributed by atoms with Gasteiger partial charge < -0.3 is 10.4 Å². The van der Waals surface area contributed by atoms with Crippen molar-refractivity contribution in [3.63, 3.8) is 0 Å². The smallest absolute Gasteiger partial charge is 0.335 e. The van der Waals surface area contributed by atoms with E-state index in [1.807, 2.05) is 12.1 Å². The Morgan fingerprint density at radius 3 is 2.47 bits per heavy atom. The minimum absolute atomic E-state index is 0.351. The molecule has 0 amide bonds. The second kappa shape index (κ2) is 6.71. The number of carboxylic acid groups (broad SMARTS) is 1. The highest BCUT2D eigenvalue weighted by Crippen LogP contribution is 2.26. The molecule has 0 heterocycles. The van der Waals surface area contributed by atoms with Crippen LogP contribution in [0, 0.1) is 5.92 Å². The van der Waals surface area contributed by atoms with Crippen molar-refractivity contribution in [3.8, 4) is 0 Å². The molecule has 2 N–H and O–H groups in total. The zero-order chi connectivity index (χ0) is 13.7. The third-order valence-corrected chi connectivity index (χ3v) is 4.19. The molecule has 0 radical (unpaired) electrons. The van der Waals surface area contributed by atoms with Crippen LogP contribution in [-0.4, -0.2) is 17.1 Å². The van der Waals surface area contributed by atoms with Crippen molar-refractivity contribution in [1.82, 2.24) is 5.32 Å². The summed E-state index contributed by atoms with van der Waals surface area (Å²) in [5, 5.41) is 12.4. The first kappa shape index (κ1) is 14.1. The standard InChI is InChI=1S/C16H23NO2/c1-12(14-5-3-2-4-6-14)17-11-13-7-9-15(10-8-13)16(18)19/h7-10,12,14,17H,2-6,11H2,1H3,(H,18,19)/t12-/m0/s1. The van der Waals surface area contributed by atoms with E-state index in [9.17, 15) is 4.79 Å². The first-order valence-electron chi connectivity index (χ1n) is 7.22. The Kier molecular flexibility index (Phi) is 4.97. The third kappa shape index (κ3) is 4.06. The van der Waals surface area contributed by atoms with Gasteiger partial charge >= 0.3 is 5.97 Å². The molecule has 0 unspecified atom stereocenters. The lowest BCUT2D eigenvalue weighted by atomic mass is 9.84. The van der Waals surface area contributed by atoms with Gasteiger partial charge in [-0.3, -0.25) is 0 Å². The minimum Gasteiger partial charge on any atom is -0.478 e. The lowest BCUT2D eigenvalue weighted by molar-refractivity contribution is 0.0697. The average Bonchev–Trinajstić information content (AvgIpc) is 2.46. The van der Waals surface area contributed by atoms with Crippen LogP contribution in [0.2, 0.25) is 0 Å². The Hall–Kier alpha value is -1.35. The van der Waals surface area contributed by atoms with Crippen molar-refractivity contribution in [3.05, 3.63) is 35.4 Å². The zero-order valence-electron chi connectivity index (χ0n) is 11.6. The minimum atomic E-state index is -0.866. The van der Waals surface area contributed by atoms with Gasteiger partial charge in [0.15, 0.2) is 0 Å². The number of rotatable bonds is 5. The van der Waals surface area contributed by atoms with E-state index in [4.69, 9.17) is 5.11 Å². The molecule has 0 aromatic heterocycles. The molecule has 1 aromatic carbocycles. The van der Waals surface area contributed by atoms with Crippen LogP contribution < -0.4 is 5.32 Å². The fraction of sp³-hybridized carbons (Fsp3) is 0.562. The molecule has 3 nitrogen and oxygen atoms in total. The van der Waals surface area contributed by atoms with Crippen molar-refractivity contribution in [2.75, 3.05) is 0 Å². The molecule has 19 heavy (non-hydrogen) atoms. The number of nitrogens with one attached hydrogen (secondary N) is 1. The Bertz CT molecular complexity index is 407. The Balaban J connectivity index is 1.82. The molecule has 0 bridgehead atoms. The van der Waals surface area contributed by atoms with Gasteiger partial charge in [-0.25, -0.2) is 4.79 Å². The summed E-state index contributed by atoms with van der Waals surface area (Å²) in [6, 6.07) is 7.67. The van der Waals surface area contributed by atoms with Gasteiger partial charge in [-0.05, 0) is 43.4 Å². The highest BCUT2D eigenvalue weighted by Gasteiger charge is 2.19. The van der Waals surface area contributed by atoms with Crippen LogP contribution in [0.3, 0.4) is 0 Å². The molecule has 0 saturated heterocycles. The highest BCUT2D eigenvalue weighted by molar-refractivity contribution is 5.87. The van der Waals surface area contributed by atoms with E-state index in [-0.39, 0.29) is 0 Å². The molecule has 1 fully saturated rings. The van der Waals surface area contributed by atoms with Crippen LogP contribution in [0.1, 0.15) is 54.9 Å². The lowest BCUT2D eigenvalue weighted by Crippen LogP contribution is -2.34. The summed E-state index contributed by atoms with van der Waals surface area (Å²) in [5.74, 6) is -0.0675. The predicted octanol–water partition coefficient (Wildman–Crippen LogP) is 3.44. The molecule has 1 aliphatic carbocycles. The van der Waals surface area contributed by atoms with Crippen molar-refractivity contribution < 1.29 is 9.90 Å². The molecular weight excluding hydrogens is 238 g/mol. The van der Waals surface area contributed by atoms with Crippen LogP contribution in [0.4, 0.5) is 0 Å². The SMILES string of the molecule is C[C@H](NCc1ccc(C(=O)O)cc1)C1CCCCC1. The summed E-state index contributed by atoms with van der Waals surface area (Å²) < 4.78 is 0. The number of aromatic carboxylic acids is 1. The first-order valence-corrected chi connectivity index (χ1v) is 7.22. The number of carboxylic acids is 1. The van der Waals surface area contributed by atoms with Crippen LogP contribution in [0.25, 0.3) is 0 Å². The molecule has 0 spiro atoms. The number of hydrogen-bond acceptors (Lipinski definition) is 2. The largest absolute Gasteiger partial charge is 0.478 e. The topological polar surface area (TPSA) is 49.3 Å². The molecular formula is C16H23NO2. The summed E-state index contributed by atoms with van der Waals surface area (Å²) in [6.07, 6.45) is 6.80. The molecule has 1 aliphatic rings. The zero-order valence-corrected chi connectivity index (χ0v) is 11.6. The number of benzene rings is 1. The summed E-state index contributed by atoms with van der Waals surface area (Å²) in [6.45, 7) is 3.08. The second-order valence-electron chi connectivity index (χ2n) is 5.57. The quantitative estimate of drug-likeness (QED) is 0.853. The van der Waals surface area contributed by atoms with Crippen molar-refractivity contribution in [1.29, 1.82) is 0 Å². The van der Waals surface area contributed by atoms with Crippen molar-refractivity contribution in [2.24, 2.45) is 5.92 Å². The lowest BCUT2D eigenvalue weighted by Gasteiger charge is -2.28. The van der Waals surface area contributed by atoms with Gasteiger partial charge in [0.2, 0.25) is 0 Å². The summed E-state index contributed by atoms with van der Waals surface area (Å²) >= 11 is 0. The fourth-order valence-corrected chi connectivity index (χ4v) is 2.84. The molecule has 0 aliphatic heterocycles. The van der Waals surface area contributed by atoms with Crippen LogP contribution in [-0.2, 0) is 6.54 Å². The van der Waals surface area contributed by atoms with Gasteiger partial charge in [0.25, 0.3) is 0 Å². The average molecular weight is 261 g/mol. The van der Waals surface area contributed by atoms with E-state index in [1.54, 1.807) is 12.1 Å². The predicted molar refractivity (Wildman–Crippen MR) is 76.3 cm³/mol. The van der Waals surface area contributed by atoms with Crippen molar-refractivity contribution in [2.45, 2.75) is 51.6 Å². The van der Waals surface area contributed by atoms with E-state index in [0.717, 1.165) is 18.0 Å². The first-order chi connectivity index (χ1) is 9.16. The number of hydrogen-bond donors (Lipinski definition) is 2. The van der Waals surface area contributed by atoms with Crippen LogP contribution in [0.5, 0.6) is 0 Å². The van der Waals surface area contributed by atoms with Gasteiger partial charge in [-0.1, -0.05) is 31.4 Å². The molecule has 1 saturated carbocycles. The Labute approximate surface area is 115 Å².